The third-order valence-corrected chi connectivity index (χ3v) is 4.63. The topological polar surface area (TPSA) is 38.2 Å². The first-order chi connectivity index (χ1) is 10.8. The molecule has 5 rings (SSSR count). The maximum Gasteiger partial charge on any atom is 0.233 e. The Morgan fingerprint density at radius 2 is 1.95 bits per heavy atom. The summed E-state index contributed by atoms with van der Waals surface area (Å²) in [6.45, 7) is 3.36. The summed E-state index contributed by atoms with van der Waals surface area (Å²) < 4.78 is 19.3. The lowest BCUT2D eigenvalue weighted by atomic mass is 9.86. The van der Waals surface area contributed by atoms with Gasteiger partial charge < -0.3 is 4.74 Å². The van der Waals surface area contributed by atoms with Gasteiger partial charge in [-0.2, -0.15) is 0 Å². The van der Waals surface area contributed by atoms with Crippen LogP contribution in [0, 0.1) is 11.7 Å². The first kappa shape index (κ1) is 13.6. The zero-order valence-corrected chi connectivity index (χ0v) is 12.3. The van der Waals surface area contributed by atoms with Crippen molar-refractivity contribution in [2.75, 3.05) is 19.6 Å². The van der Waals surface area contributed by atoms with Crippen molar-refractivity contribution in [1.82, 2.24) is 15.1 Å². The lowest BCUT2D eigenvalue weighted by Gasteiger charge is -2.44. The molecule has 3 saturated heterocycles. The van der Waals surface area contributed by atoms with Crippen LogP contribution in [0.25, 0.3) is 11.3 Å². The van der Waals surface area contributed by atoms with E-state index in [1.165, 1.54) is 38.1 Å². The predicted molar refractivity (Wildman–Crippen MR) is 81.0 cm³/mol. The molecule has 3 aliphatic rings. The molecule has 114 valence electrons. The second-order valence-corrected chi connectivity index (χ2v) is 6.06. The summed E-state index contributed by atoms with van der Waals surface area (Å²) in [6, 6.07) is 10.0. The van der Waals surface area contributed by atoms with Crippen LogP contribution in [0.1, 0.15) is 12.8 Å². The van der Waals surface area contributed by atoms with E-state index >= 15 is 0 Å². The number of fused-ring (bicyclic) bond motifs is 3. The smallest absolute Gasteiger partial charge is 0.233 e. The maximum absolute atomic E-state index is 13.2. The van der Waals surface area contributed by atoms with E-state index in [1.807, 2.05) is 18.2 Å². The van der Waals surface area contributed by atoms with Crippen LogP contribution in [0.3, 0.4) is 0 Å². The van der Waals surface area contributed by atoms with E-state index in [2.05, 4.69) is 15.1 Å². The average molecular weight is 299 g/mol. The number of aromatic nitrogens is 2. The Kier molecular flexibility index (Phi) is 3.50. The van der Waals surface area contributed by atoms with Crippen LogP contribution in [0.4, 0.5) is 4.39 Å². The SMILES string of the molecule is Fc1cccc(-c2ccc(O[C@H]3CN4CCC3CC4)nn2)c1. The van der Waals surface area contributed by atoms with Crippen LogP contribution < -0.4 is 4.74 Å². The first-order valence-corrected chi connectivity index (χ1v) is 7.76. The molecule has 22 heavy (non-hydrogen) atoms. The monoisotopic (exact) mass is 299 g/mol. The molecule has 5 heteroatoms. The van der Waals surface area contributed by atoms with Gasteiger partial charge in [-0.3, -0.25) is 4.90 Å². The van der Waals surface area contributed by atoms with Gasteiger partial charge in [0.25, 0.3) is 0 Å². The fraction of sp³-hybridized carbons (Fsp3) is 0.412. The normalized spacial score (nSPS) is 26.9. The molecule has 1 aromatic carbocycles. The second kappa shape index (κ2) is 5.65. The Labute approximate surface area is 128 Å². The highest BCUT2D eigenvalue weighted by Crippen LogP contribution is 2.30. The molecular formula is C17H18FN3O. The third-order valence-electron chi connectivity index (χ3n) is 4.63. The molecule has 1 atom stereocenters. The molecular weight excluding hydrogens is 281 g/mol. The van der Waals surface area contributed by atoms with Crippen molar-refractivity contribution in [1.29, 1.82) is 0 Å². The largest absolute Gasteiger partial charge is 0.472 e. The van der Waals surface area contributed by atoms with Crippen molar-refractivity contribution in [3.8, 4) is 17.1 Å². The molecule has 4 heterocycles. The number of benzene rings is 1. The van der Waals surface area contributed by atoms with Crippen LogP contribution in [-0.2, 0) is 0 Å². The zero-order chi connectivity index (χ0) is 14.9. The molecule has 0 spiro atoms. The molecule has 4 nitrogen and oxygen atoms in total. The fourth-order valence-corrected chi connectivity index (χ4v) is 3.38. The fourth-order valence-electron chi connectivity index (χ4n) is 3.38. The molecule has 1 aromatic heterocycles. The minimum Gasteiger partial charge on any atom is -0.472 e. The summed E-state index contributed by atoms with van der Waals surface area (Å²) in [6.07, 6.45) is 2.63. The van der Waals surface area contributed by atoms with E-state index in [4.69, 9.17) is 4.74 Å². The minimum absolute atomic E-state index is 0.219. The molecule has 2 aromatic rings. The van der Waals surface area contributed by atoms with Crippen molar-refractivity contribution in [3.63, 3.8) is 0 Å². The van der Waals surface area contributed by atoms with E-state index < -0.39 is 0 Å². The van der Waals surface area contributed by atoms with Gasteiger partial charge in [-0.05, 0) is 50.0 Å². The maximum atomic E-state index is 13.2. The Balaban J connectivity index is 1.48. The number of piperidine rings is 3. The van der Waals surface area contributed by atoms with E-state index in [9.17, 15) is 4.39 Å². The molecule has 0 amide bonds. The molecule has 0 saturated carbocycles. The quantitative estimate of drug-likeness (QED) is 0.873. The van der Waals surface area contributed by atoms with Gasteiger partial charge in [-0.25, -0.2) is 4.39 Å². The zero-order valence-electron chi connectivity index (χ0n) is 12.3. The van der Waals surface area contributed by atoms with Crippen molar-refractivity contribution in [2.24, 2.45) is 5.92 Å². The highest BCUT2D eigenvalue weighted by Gasteiger charge is 2.35. The minimum atomic E-state index is -0.271. The van der Waals surface area contributed by atoms with E-state index in [1.54, 1.807) is 6.07 Å². The van der Waals surface area contributed by atoms with E-state index in [0.29, 0.717) is 17.5 Å². The van der Waals surface area contributed by atoms with E-state index in [0.717, 1.165) is 12.1 Å². The number of hydrogen-bond donors (Lipinski definition) is 0. The van der Waals surface area contributed by atoms with Crippen molar-refractivity contribution >= 4 is 0 Å². The summed E-state index contributed by atoms with van der Waals surface area (Å²) in [5.41, 5.74) is 1.38. The van der Waals surface area contributed by atoms with Crippen molar-refractivity contribution in [2.45, 2.75) is 18.9 Å². The van der Waals surface area contributed by atoms with Gasteiger partial charge in [-0.1, -0.05) is 12.1 Å². The van der Waals surface area contributed by atoms with Crippen LogP contribution in [0.2, 0.25) is 0 Å². The molecule has 3 fully saturated rings. The van der Waals surface area contributed by atoms with Crippen molar-refractivity contribution < 1.29 is 9.13 Å². The molecule has 2 bridgehead atoms. The second-order valence-electron chi connectivity index (χ2n) is 6.06. The lowest BCUT2D eigenvalue weighted by Crippen LogP contribution is -2.52. The molecule has 3 aliphatic heterocycles. The Hall–Kier alpha value is -2.01. The summed E-state index contributed by atoms with van der Waals surface area (Å²) in [7, 11) is 0. The Bertz CT molecular complexity index is 653. The number of nitrogens with zero attached hydrogens (tertiary/aromatic N) is 3. The van der Waals surface area contributed by atoms with Crippen LogP contribution in [-0.4, -0.2) is 40.8 Å². The first-order valence-electron chi connectivity index (χ1n) is 7.76. The number of rotatable bonds is 3. The summed E-state index contributed by atoms with van der Waals surface area (Å²) in [4.78, 5) is 2.44. The van der Waals surface area contributed by atoms with Crippen molar-refractivity contribution in [3.05, 3.63) is 42.2 Å². The summed E-state index contributed by atoms with van der Waals surface area (Å²) >= 11 is 0. The summed E-state index contributed by atoms with van der Waals surface area (Å²) in [5, 5.41) is 8.31. The van der Waals surface area contributed by atoms with Gasteiger partial charge in [0.1, 0.15) is 11.9 Å². The number of halogens is 1. The van der Waals surface area contributed by atoms with Gasteiger partial charge in [0.15, 0.2) is 0 Å². The molecule has 0 unspecified atom stereocenters. The van der Waals surface area contributed by atoms with Gasteiger partial charge in [0.05, 0.1) is 5.69 Å². The highest BCUT2D eigenvalue weighted by atomic mass is 19.1. The molecule has 0 aliphatic carbocycles. The lowest BCUT2D eigenvalue weighted by molar-refractivity contribution is -0.0103. The van der Waals surface area contributed by atoms with Crippen LogP contribution in [0.15, 0.2) is 36.4 Å². The number of ether oxygens (including phenoxy) is 1. The van der Waals surface area contributed by atoms with Gasteiger partial charge >= 0.3 is 0 Å². The third kappa shape index (κ3) is 2.68. The average Bonchev–Trinajstić information content (AvgIpc) is 2.57. The standard InChI is InChI=1S/C17H18FN3O/c18-14-3-1-2-13(10-14)15-4-5-17(20-19-15)22-16-11-21-8-6-12(16)7-9-21/h1-5,10,12,16H,6-9,11H2/t16-/m0/s1. The Morgan fingerprint density at radius 3 is 2.59 bits per heavy atom. The van der Waals surface area contributed by atoms with Crippen LogP contribution >= 0.6 is 0 Å². The van der Waals surface area contributed by atoms with Gasteiger partial charge in [-0.15, -0.1) is 10.2 Å². The van der Waals surface area contributed by atoms with Gasteiger partial charge in [0.2, 0.25) is 5.88 Å². The van der Waals surface area contributed by atoms with Crippen LogP contribution in [0.5, 0.6) is 5.88 Å². The molecule has 0 N–H and O–H groups in total. The molecule has 0 radical (unpaired) electrons. The highest BCUT2D eigenvalue weighted by molar-refractivity contribution is 5.58. The van der Waals surface area contributed by atoms with E-state index in [-0.39, 0.29) is 11.9 Å². The predicted octanol–water partition coefficient (Wildman–Crippen LogP) is 2.76. The summed E-state index contributed by atoms with van der Waals surface area (Å²) in [5.74, 6) is 0.917. The Morgan fingerprint density at radius 1 is 1.09 bits per heavy atom. The number of hydrogen-bond acceptors (Lipinski definition) is 4. The van der Waals surface area contributed by atoms with Gasteiger partial charge in [0, 0.05) is 18.2 Å².